The van der Waals surface area contributed by atoms with Gasteiger partial charge in [-0.3, -0.25) is 0 Å². The quantitative estimate of drug-likeness (QED) is 0.754. The van der Waals surface area contributed by atoms with Crippen LogP contribution in [0.15, 0.2) is 0 Å². The van der Waals surface area contributed by atoms with Crippen LogP contribution in [0.4, 0.5) is 17.6 Å². The fourth-order valence-electron chi connectivity index (χ4n) is 4.04. The van der Waals surface area contributed by atoms with Crippen molar-refractivity contribution in [3.8, 4) is 0 Å². The third-order valence-electron chi connectivity index (χ3n) is 5.38. The van der Waals surface area contributed by atoms with E-state index in [-0.39, 0.29) is 0 Å². The molecular formula is C15H24N6. The Kier molecular flexibility index (Phi) is 3.14. The minimum Gasteiger partial charge on any atom is -0.383 e. The number of nitrogen functional groups attached to an aromatic ring is 2. The molecule has 6 nitrogen and oxygen atoms in total. The normalized spacial score (nSPS) is 29.2. The van der Waals surface area contributed by atoms with Crippen molar-refractivity contribution >= 4 is 17.6 Å². The van der Waals surface area contributed by atoms with Gasteiger partial charge >= 0.3 is 0 Å². The lowest BCUT2D eigenvalue weighted by Crippen LogP contribution is -2.40. The van der Waals surface area contributed by atoms with Crippen molar-refractivity contribution in [1.29, 1.82) is 0 Å². The second-order valence-electron chi connectivity index (χ2n) is 6.70. The first-order chi connectivity index (χ1) is 10.2. The van der Waals surface area contributed by atoms with E-state index in [4.69, 9.17) is 11.5 Å². The van der Waals surface area contributed by atoms with Crippen molar-refractivity contribution in [2.75, 3.05) is 36.0 Å². The van der Waals surface area contributed by atoms with Crippen molar-refractivity contribution in [1.82, 2.24) is 15.3 Å². The molecular weight excluding hydrogens is 264 g/mol. The summed E-state index contributed by atoms with van der Waals surface area (Å²) < 4.78 is 0. The maximum absolute atomic E-state index is 6.17. The molecule has 4 rings (SSSR count). The average Bonchev–Trinajstić information content (AvgIpc) is 2.83. The SMILES string of the molecule is Nc1nc(N)c(C2CCC2)c(N2CC3CCCNC3C2)n1. The lowest BCUT2D eigenvalue weighted by molar-refractivity contribution is 0.340. The summed E-state index contributed by atoms with van der Waals surface area (Å²) in [7, 11) is 0. The summed E-state index contributed by atoms with van der Waals surface area (Å²) in [6.07, 6.45) is 6.26. The summed E-state index contributed by atoms with van der Waals surface area (Å²) >= 11 is 0. The van der Waals surface area contributed by atoms with Gasteiger partial charge in [0.2, 0.25) is 5.95 Å². The molecule has 0 bridgehead atoms. The highest BCUT2D eigenvalue weighted by molar-refractivity contribution is 5.62. The Labute approximate surface area is 125 Å². The Morgan fingerprint density at radius 3 is 2.62 bits per heavy atom. The van der Waals surface area contributed by atoms with Crippen LogP contribution in [0.5, 0.6) is 0 Å². The molecule has 3 aliphatic rings. The van der Waals surface area contributed by atoms with Gasteiger partial charge in [-0.2, -0.15) is 9.97 Å². The van der Waals surface area contributed by atoms with Crippen LogP contribution in [-0.2, 0) is 0 Å². The van der Waals surface area contributed by atoms with Gasteiger partial charge in [0.25, 0.3) is 0 Å². The van der Waals surface area contributed by atoms with Crippen LogP contribution in [0.25, 0.3) is 0 Å². The first-order valence-electron chi connectivity index (χ1n) is 8.13. The lowest BCUT2D eigenvalue weighted by atomic mass is 9.80. The van der Waals surface area contributed by atoms with E-state index in [0.29, 0.717) is 23.7 Å². The van der Waals surface area contributed by atoms with E-state index in [1.807, 2.05) is 0 Å². The van der Waals surface area contributed by atoms with Crippen molar-refractivity contribution in [3.63, 3.8) is 0 Å². The maximum atomic E-state index is 6.17. The molecule has 2 saturated heterocycles. The van der Waals surface area contributed by atoms with E-state index in [2.05, 4.69) is 20.2 Å². The number of nitrogens with one attached hydrogen (secondary N) is 1. The van der Waals surface area contributed by atoms with Crippen LogP contribution < -0.4 is 21.7 Å². The molecule has 0 spiro atoms. The highest BCUT2D eigenvalue weighted by Gasteiger charge is 2.37. The van der Waals surface area contributed by atoms with E-state index in [1.165, 1.54) is 32.1 Å². The number of hydrogen-bond acceptors (Lipinski definition) is 6. The summed E-state index contributed by atoms with van der Waals surface area (Å²) in [6, 6.07) is 0.588. The van der Waals surface area contributed by atoms with Crippen LogP contribution >= 0.6 is 0 Å². The molecule has 5 N–H and O–H groups in total. The van der Waals surface area contributed by atoms with E-state index in [0.717, 1.165) is 36.9 Å². The van der Waals surface area contributed by atoms with Gasteiger partial charge in [0, 0.05) is 24.7 Å². The Balaban J connectivity index is 1.67. The number of rotatable bonds is 2. The van der Waals surface area contributed by atoms with Gasteiger partial charge in [-0.15, -0.1) is 0 Å². The number of nitrogens with two attached hydrogens (primary N) is 2. The van der Waals surface area contributed by atoms with E-state index >= 15 is 0 Å². The predicted octanol–water partition coefficient (Wildman–Crippen LogP) is 1.10. The van der Waals surface area contributed by atoms with Gasteiger partial charge < -0.3 is 21.7 Å². The average molecular weight is 288 g/mol. The van der Waals surface area contributed by atoms with Crippen molar-refractivity contribution in [2.24, 2.45) is 5.92 Å². The highest BCUT2D eigenvalue weighted by atomic mass is 15.3. The Morgan fingerprint density at radius 1 is 1.05 bits per heavy atom. The second kappa shape index (κ2) is 5.02. The van der Waals surface area contributed by atoms with Gasteiger partial charge in [-0.1, -0.05) is 6.42 Å². The number of anilines is 3. The van der Waals surface area contributed by atoms with Gasteiger partial charge in [-0.05, 0) is 44.1 Å². The highest BCUT2D eigenvalue weighted by Crippen LogP contribution is 2.44. The van der Waals surface area contributed by atoms with E-state index in [9.17, 15) is 0 Å². The molecule has 1 aromatic rings. The molecule has 2 unspecified atom stereocenters. The maximum Gasteiger partial charge on any atom is 0.223 e. The molecule has 1 saturated carbocycles. The summed E-state index contributed by atoms with van der Waals surface area (Å²) in [6.45, 7) is 3.21. The van der Waals surface area contributed by atoms with Crippen LogP contribution in [0.3, 0.4) is 0 Å². The first-order valence-corrected chi connectivity index (χ1v) is 8.13. The van der Waals surface area contributed by atoms with Crippen molar-refractivity contribution < 1.29 is 0 Å². The molecule has 2 aliphatic heterocycles. The Bertz CT molecular complexity index is 527. The fourth-order valence-corrected chi connectivity index (χ4v) is 4.04. The van der Waals surface area contributed by atoms with Gasteiger partial charge in [-0.25, -0.2) is 0 Å². The summed E-state index contributed by atoms with van der Waals surface area (Å²) in [5.74, 6) is 3.14. The molecule has 0 amide bonds. The smallest absolute Gasteiger partial charge is 0.223 e. The molecule has 21 heavy (non-hydrogen) atoms. The molecule has 6 heteroatoms. The molecule has 0 aromatic carbocycles. The molecule has 0 radical (unpaired) electrons. The van der Waals surface area contributed by atoms with Crippen molar-refractivity contribution in [3.05, 3.63) is 5.56 Å². The number of fused-ring (bicyclic) bond motifs is 1. The van der Waals surface area contributed by atoms with Gasteiger partial charge in [0.1, 0.15) is 11.6 Å². The summed E-state index contributed by atoms with van der Waals surface area (Å²) in [4.78, 5) is 11.1. The van der Waals surface area contributed by atoms with Crippen LogP contribution in [0.1, 0.15) is 43.6 Å². The largest absolute Gasteiger partial charge is 0.383 e. The molecule has 2 atom stereocenters. The summed E-state index contributed by atoms with van der Waals surface area (Å²) in [5.41, 5.74) is 13.2. The zero-order chi connectivity index (χ0) is 14.4. The second-order valence-corrected chi connectivity index (χ2v) is 6.70. The standard InChI is InChI=1S/C15H24N6/c16-13-12(9-3-1-4-9)14(20-15(17)19-13)21-7-10-5-2-6-18-11(10)8-21/h9-11,18H,1-8H2,(H4,16,17,19,20). The number of nitrogens with zero attached hydrogens (tertiary/aromatic N) is 3. The zero-order valence-electron chi connectivity index (χ0n) is 12.4. The van der Waals surface area contributed by atoms with Gasteiger partial charge in [0.05, 0.1) is 0 Å². The van der Waals surface area contributed by atoms with Crippen LogP contribution in [0.2, 0.25) is 0 Å². The third kappa shape index (κ3) is 2.21. The minimum atomic E-state index is 0.299. The lowest BCUT2D eigenvalue weighted by Gasteiger charge is -2.31. The fraction of sp³-hybridized carbons (Fsp3) is 0.733. The summed E-state index contributed by atoms with van der Waals surface area (Å²) in [5, 5.41) is 3.64. The predicted molar refractivity (Wildman–Crippen MR) is 84.2 cm³/mol. The van der Waals surface area contributed by atoms with Crippen LogP contribution in [-0.4, -0.2) is 35.6 Å². The third-order valence-corrected chi connectivity index (χ3v) is 5.38. The Morgan fingerprint density at radius 2 is 1.90 bits per heavy atom. The molecule has 1 aliphatic carbocycles. The molecule has 3 heterocycles. The molecule has 1 aromatic heterocycles. The monoisotopic (exact) mass is 288 g/mol. The van der Waals surface area contributed by atoms with Gasteiger partial charge in [0.15, 0.2) is 0 Å². The van der Waals surface area contributed by atoms with E-state index < -0.39 is 0 Å². The van der Waals surface area contributed by atoms with Crippen LogP contribution in [0, 0.1) is 5.92 Å². The Hall–Kier alpha value is -1.56. The zero-order valence-corrected chi connectivity index (χ0v) is 12.4. The number of piperidine rings is 1. The number of aromatic nitrogens is 2. The molecule has 114 valence electrons. The minimum absolute atomic E-state index is 0.299. The number of hydrogen-bond donors (Lipinski definition) is 3. The molecule has 3 fully saturated rings. The first kappa shape index (κ1) is 13.1. The topological polar surface area (TPSA) is 93.1 Å². The van der Waals surface area contributed by atoms with Crippen molar-refractivity contribution in [2.45, 2.75) is 44.1 Å². The van der Waals surface area contributed by atoms with E-state index in [1.54, 1.807) is 0 Å².